The van der Waals surface area contributed by atoms with Gasteiger partial charge in [0, 0.05) is 23.4 Å². The van der Waals surface area contributed by atoms with Gasteiger partial charge in [0.1, 0.15) is 5.75 Å². The minimum Gasteiger partial charge on any atom is -0.492 e. The number of amides is 2. The largest absolute Gasteiger partial charge is 0.492 e. The Morgan fingerprint density at radius 3 is 2.29 bits per heavy atom. The smallest absolute Gasteiger partial charge is 0.257 e. The van der Waals surface area contributed by atoms with Gasteiger partial charge in [-0.3, -0.25) is 14.9 Å². The van der Waals surface area contributed by atoms with Crippen molar-refractivity contribution in [3.63, 3.8) is 0 Å². The molecule has 0 saturated carbocycles. The number of anilines is 1. The van der Waals surface area contributed by atoms with Crippen molar-refractivity contribution in [2.24, 2.45) is 0 Å². The highest BCUT2D eigenvalue weighted by Crippen LogP contribution is 2.26. The molecule has 0 aromatic heterocycles. The third-order valence-corrected chi connectivity index (χ3v) is 5.22. The van der Waals surface area contributed by atoms with Crippen LogP contribution in [0.3, 0.4) is 0 Å². The van der Waals surface area contributed by atoms with Crippen molar-refractivity contribution in [3.05, 3.63) is 58.1 Å². The molecule has 0 atom stereocenters. The van der Waals surface area contributed by atoms with Gasteiger partial charge in [-0.05, 0) is 83.5 Å². The molecule has 3 N–H and O–H groups in total. The summed E-state index contributed by atoms with van der Waals surface area (Å²) in [6.45, 7) is 5.47. The van der Waals surface area contributed by atoms with Crippen LogP contribution in [0.1, 0.15) is 60.2 Å². The van der Waals surface area contributed by atoms with Crippen molar-refractivity contribution in [2.45, 2.75) is 39.5 Å². The number of halogens is 1. The molecular weight excluding hydrogens is 478 g/mol. The molecule has 0 heterocycles. The average Bonchev–Trinajstić information content (AvgIpc) is 2.75. The second kappa shape index (κ2) is 13.1. The van der Waals surface area contributed by atoms with E-state index < -0.39 is 0 Å². The Kier molecular flexibility index (Phi) is 10.5. The maximum atomic E-state index is 12.5. The molecule has 0 bridgehead atoms. The summed E-state index contributed by atoms with van der Waals surface area (Å²) in [6.07, 6.45) is 4.00. The van der Waals surface area contributed by atoms with Crippen LogP contribution in [-0.4, -0.2) is 30.1 Å². The van der Waals surface area contributed by atoms with Crippen LogP contribution in [0.25, 0.3) is 0 Å². The van der Waals surface area contributed by atoms with Crippen LogP contribution < -0.4 is 20.7 Å². The van der Waals surface area contributed by atoms with E-state index in [2.05, 4.69) is 45.7 Å². The highest BCUT2D eigenvalue weighted by molar-refractivity contribution is 9.10. The van der Waals surface area contributed by atoms with Gasteiger partial charge in [-0.25, -0.2) is 0 Å². The predicted molar refractivity (Wildman–Crippen MR) is 132 cm³/mol. The van der Waals surface area contributed by atoms with Crippen LogP contribution >= 0.6 is 28.1 Å². The molecule has 8 heteroatoms. The van der Waals surface area contributed by atoms with E-state index in [-0.39, 0.29) is 16.9 Å². The van der Waals surface area contributed by atoms with Gasteiger partial charge in [0.15, 0.2) is 5.11 Å². The minimum atomic E-state index is -0.328. The summed E-state index contributed by atoms with van der Waals surface area (Å²) < 4.78 is 6.39. The summed E-state index contributed by atoms with van der Waals surface area (Å²) in [6, 6.07) is 12.1. The van der Waals surface area contributed by atoms with Crippen LogP contribution in [0.2, 0.25) is 0 Å². The molecule has 31 heavy (non-hydrogen) atoms. The molecular formula is C23H28BrN3O3S. The Hall–Kier alpha value is -2.45. The SMILES string of the molecule is CCCCNC(=O)c1ccc(NC(=S)NC(=O)c2ccc(OCCCC)c(Br)c2)cc1. The average molecular weight is 506 g/mol. The summed E-state index contributed by atoms with van der Waals surface area (Å²) in [5, 5.41) is 8.65. The molecule has 2 rings (SSSR count). The van der Waals surface area contributed by atoms with E-state index in [1.807, 2.05) is 0 Å². The first-order chi connectivity index (χ1) is 14.9. The molecule has 6 nitrogen and oxygen atoms in total. The van der Waals surface area contributed by atoms with Gasteiger partial charge in [0.2, 0.25) is 0 Å². The molecule has 0 aliphatic carbocycles. The van der Waals surface area contributed by atoms with Gasteiger partial charge in [0.05, 0.1) is 11.1 Å². The van der Waals surface area contributed by atoms with Crippen LogP contribution in [-0.2, 0) is 0 Å². The molecule has 0 aliphatic rings. The zero-order valence-electron chi connectivity index (χ0n) is 17.8. The van der Waals surface area contributed by atoms with Crippen molar-refractivity contribution >= 4 is 50.8 Å². The third-order valence-electron chi connectivity index (χ3n) is 4.40. The number of hydrogen-bond donors (Lipinski definition) is 3. The number of thiocarbonyl (C=S) groups is 1. The number of carbonyl (C=O) groups is 2. The van der Waals surface area contributed by atoms with Gasteiger partial charge in [-0.1, -0.05) is 26.7 Å². The molecule has 166 valence electrons. The molecule has 0 unspecified atom stereocenters. The van der Waals surface area contributed by atoms with E-state index in [0.717, 1.165) is 25.7 Å². The first kappa shape index (κ1) is 24.8. The van der Waals surface area contributed by atoms with Gasteiger partial charge in [-0.15, -0.1) is 0 Å². The maximum Gasteiger partial charge on any atom is 0.257 e. The van der Waals surface area contributed by atoms with Gasteiger partial charge in [-0.2, -0.15) is 0 Å². The Bertz CT molecular complexity index is 903. The summed E-state index contributed by atoms with van der Waals surface area (Å²) in [5.74, 6) is 0.262. The van der Waals surface area contributed by atoms with Crippen LogP contribution in [0, 0.1) is 0 Å². The van der Waals surface area contributed by atoms with E-state index in [1.165, 1.54) is 0 Å². The van der Waals surface area contributed by atoms with E-state index in [9.17, 15) is 9.59 Å². The Labute approximate surface area is 197 Å². The van der Waals surface area contributed by atoms with Crippen molar-refractivity contribution < 1.29 is 14.3 Å². The molecule has 2 aromatic carbocycles. The van der Waals surface area contributed by atoms with Crippen LogP contribution in [0.4, 0.5) is 5.69 Å². The number of rotatable bonds is 10. The Morgan fingerprint density at radius 1 is 0.968 bits per heavy atom. The monoisotopic (exact) mass is 505 g/mol. The molecule has 2 amide bonds. The highest BCUT2D eigenvalue weighted by atomic mass is 79.9. The van der Waals surface area contributed by atoms with Crippen molar-refractivity contribution in [2.75, 3.05) is 18.5 Å². The lowest BCUT2D eigenvalue weighted by Crippen LogP contribution is -2.34. The van der Waals surface area contributed by atoms with E-state index in [4.69, 9.17) is 17.0 Å². The summed E-state index contributed by atoms with van der Waals surface area (Å²) in [7, 11) is 0. The summed E-state index contributed by atoms with van der Waals surface area (Å²) >= 11 is 8.68. The van der Waals surface area contributed by atoms with E-state index in [0.29, 0.717) is 40.2 Å². The molecule has 0 radical (unpaired) electrons. The number of hydrogen-bond acceptors (Lipinski definition) is 4. The Balaban J connectivity index is 1.88. The van der Waals surface area contributed by atoms with Crippen LogP contribution in [0.5, 0.6) is 5.75 Å². The number of unbranched alkanes of at least 4 members (excludes halogenated alkanes) is 2. The standard InChI is InChI=1S/C23H28BrN3O3S/c1-3-5-13-25-21(28)16-7-10-18(11-8-16)26-23(31)27-22(29)17-9-12-20(19(24)15-17)30-14-6-4-2/h7-12,15H,3-6,13-14H2,1-2H3,(H,25,28)(H2,26,27,29,31). The van der Waals surface area contributed by atoms with Crippen molar-refractivity contribution in [1.29, 1.82) is 0 Å². The fraction of sp³-hybridized carbons (Fsp3) is 0.348. The molecule has 0 spiro atoms. The zero-order chi connectivity index (χ0) is 22.6. The van der Waals surface area contributed by atoms with E-state index in [1.54, 1.807) is 42.5 Å². The first-order valence-corrected chi connectivity index (χ1v) is 11.6. The minimum absolute atomic E-state index is 0.108. The first-order valence-electron chi connectivity index (χ1n) is 10.4. The number of benzene rings is 2. The van der Waals surface area contributed by atoms with E-state index >= 15 is 0 Å². The lowest BCUT2D eigenvalue weighted by atomic mass is 10.2. The zero-order valence-corrected chi connectivity index (χ0v) is 20.2. The maximum absolute atomic E-state index is 12.5. The van der Waals surface area contributed by atoms with Crippen molar-refractivity contribution in [3.8, 4) is 5.75 Å². The Morgan fingerprint density at radius 2 is 1.65 bits per heavy atom. The predicted octanol–water partition coefficient (Wildman–Crippen LogP) is 5.28. The molecule has 0 saturated heterocycles. The summed E-state index contributed by atoms with van der Waals surface area (Å²) in [4.78, 5) is 24.5. The van der Waals surface area contributed by atoms with Gasteiger partial charge < -0.3 is 15.4 Å². The lowest BCUT2D eigenvalue weighted by molar-refractivity contribution is 0.0950. The van der Waals surface area contributed by atoms with Gasteiger partial charge in [0.25, 0.3) is 11.8 Å². The number of nitrogens with one attached hydrogen (secondary N) is 3. The quantitative estimate of drug-likeness (QED) is 0.302. The number of ether oxygens (including phenoxy) is 1. The second-order valence-electron chi connectivity index (χ2n) is 6.94. The van der Waals surface area contributed by atoms with Gasteiger partial charge >= 0.3 is 0 Å². The third kappa shape index (κ3) is 8.30. The normalized spacial score (nSPS) is 10.3. The topological polar surface area (TPSA) is 79.5 Å². The lowest BCUT2D eigenvalue weighted by Gasteiger charge is -2.12. The second-order valence-corrected chi connectivity index (χ2v) is 8.20. The highest BCUT2D eigenvalue weighted by Gasteiger charge is 2.11. The molecule has 2 aromatic rings. The molecule has 0 aliphatic heterocycles. The summed E-state index contributed by atoms with van der Waals surface area (Å²) in [5.41, 5.74) is 1.71. The fourth-order valence-electron chi connectivity index (χ4n) is 2.61. The fourth-order valence-corrected chi connectivity index (χ4v) is 3.31. The number of carbonyl (C=O) groups excluding carboxylic acids is 2. The van der Waals surface area contributed by atoms with Crippen molar-refractivity contribution in [1.82, 2.24) is 10.6 Å². The molecule has 0 fully saturated rings. The van der Waals surface area contributed by atoms with Crippen LogP contribution in [0.15, 0.2) is 46.9 Å².